The first-order chi connectivity index (χ1) is 16.9. The van der Waals surface area contributed by atoms with Gasteiger partial charge in [-0.1, -0.05) is 11.6 Å². The molecule has 0 bridgehead atoms. The Morgan fingerprint density at radius 2 is 1.97 bits per heavy atom. The number of benzene rings is 1. The minimum absolute atomic E-state index is 0. The number of rotatable bonds is 9. The van der Waals surface area contributed by atoms with Crippen molar-refractivity contribution < 1.29 is 19.1 Å². The first-order valence-corrected chi connectivity index (χ1v) is 11.6. The largest absolute Gasteiger partial charge is 0.489 e. The van der Waals surface area contributed by atoms with E-state index in [1.165, 1.54) is 12.4 Å². The van der Waals surface area contributed by atoms with Crippen molar-refractivity contribution in [3.63, 3.8) is 0 Å². The van der Waals surface area contributed by atoms with Gasteiger partial charge in [-0.2, -0.15) is 5.26 Å². The van der Waals surface area contributed by atoms with Gasteiger partial charge in [-0.25, -0.2) is 14.8 Å². The molecule has 194 valence electrons. The second-order valence-electron chi connectivity index (χ2n) is 8.00. The van der Waals surface area contributed by atoms with Crippen LogP contribution in [0.4, 0.5) is 16.3 Å². The van der Waals surface area contributed by atoms with Crippen LogP contribution in [0, 0.1) is 11.3 Å². The molecule has 3 rings (SSSR count). The van der Waals surface area contributed by atoms with Gasteiger partial charge < -0.3 is 25.0 Å². The summed E-state index contributed by atoms with van der Waals surface area (Å²) in [6.07, 6.45) is 2.98. The molecule has 1 aliphatic heterocycles. The molecule has 2 aromatic rings. The van der Waals surface area contributed by atoms with Gasteiger partial charge in [0, 0.05) is 18.1 Å². The normalized spacial score (nSPS) is 12.9. The highest BCUT2D eigenvalue weighted by Gasteiger charge is 2.17. The van der Waals surface area contributed by atoms with E-state index in [0.717, 1.165) is 5.56 Å². The summed E-state index contributed by atoms with van der Waals surface area (Å²) in [5, 5.41) is 17.7. The van der Waals surface area contributed by atoms with Gasteiger partial charge in [-0.05, 0) is 44.5 Å². The molecule has 0 saturated carbocycles. The zero-order valence-electron chi connectivity index (χ0n) is 20.0. The third-order valence-corrected chi connectivity index (χ3v) is 5.33. The minimum Gasteiger partial charge on any atom is -0.489 e. The van der Waals surface area contributed by atoms with Gasteiger partial charge in [0.2, 0.25) is 5.91 Å². The summed E-state index contributed by atoms with van der Waals surface area (Å²) in [4.78, 5) is 34.3. The van der Waals surface area contributed by atoms with Crippen LogP contribution in [0.2, 0.25) is 5.02 Å². The smallest absolute Gasteiger partial charge is 0.325 e. The lowest BCUT2D eigenvalue weighted by Gasteiger charge is -2.26. The fourth-order valence-electron chi connectivity index (χ4n) is 3.30. The molecule has 0 unspecified atom stereocenters. The van der Waals surface area contributed by atoms with Crippen molar-refractivity contribution in [2.75, 3.05) is 50.0 Å². The van der Waals surface area contributed by atoms with Crippen molar-refractivity contribution >= 4 is 47.5 Å². The molecule has 1 saturated heterocycles. The molecular formula is C23H29Cl2N7O4. The molecule has 1 aromatic heterocycles. The Morgan fingerprint density at radius 1 is 1.22 bits per heavy atom. The van der Waals surface area contributed by atoms with Crippen molar-refractivity contribution in [2.24, 2.45) is 0 Å². The Balaban J connectivity index is 0.00000456. The molecule has 2 heterocycles. The summed E-state index contributed by atoms with van der Waals surface area (Å²) in [5.74, 6) is 0.693. The third kappa shape index (κ3) is 8.80. The number of carbonyl (C=O) groups is 2. The third-order valence-electron chi connectivity index (χ3n) is 4.98. The molecule has 0 spiro atoms. The highest BCUT2D eigenvalue weighted by Crippen LogP contribution is 2.32. The number of aromatic nitrogens is 2. The maximum absolute atomic E-state index is 12.5. The van der Waals surface area contributed by atoms with Crippen LogP contribution in [-0.4, -0.2) is 72.3 Å². The quantitative estimate of drug-likeness (QED) is 0.414. The lowest BCUT2D eigenvalue weighted by molar-refractivity contribution is -0.134. The summed E-state index contributed by atoms with van der Waals surface area (Å²) in [7, 11) is 0. The number of hydrogen-bond donors (Lipinski definition) is 3. The predicted molar refractivity (Wildman–Crippen MR) is 138 cm³/mol. The van der Waals surface area contributed by atoms with Gasteiger partial charge in [0.05, 0.1) is 43.9 Å². The van der Waals surface area contributed by atoms with Gasteiger partial charge in [-0.3, -0.25) is 10.1 Å². The fraction of sp³-hybridized carbons (Fsp3) is 0.435. The number of ether oxygens (including phenoxy) is 2. The van der Waals surface area contributed by atoms with Crippen molar-refractivity contribution in [1.82, 2.24) is 20.2 Å². The van der Waals surface area contributed by atoms with E-state index >= 15 is 0 Å². The Hall–Kier alpha value is -3.17. The fourth-order valence-corrected chi connectivity index (χ4v) is 3.56. The van der Waals surface area contributed by atoms with Gasteiger partial charge in [0.15, 0.2) is 11.5 Å². The Labute approximate surface area is 220 Å². The van der Waals surface area contributed by atoms with E-state index < -0.39 is 6.03 Å². The first-order valence-electron chi connectivity index (χ1n) is 11.2. The topological polar surface area (TPSA) is 142 Å². The van der Waals surface area contributed by atoms with Crippen LogP contribution in [0.1, 0.15) is 25.1 Å². The second-order valence-corrected chi connectivity index (χ2v) is 8.41. The molecule has 36 heavy (non-hydrogen) atoms. The summed E-state index contributed by atoms with van der Waals surface area (Å²) < 4.78 is 11.2. The number of carbonyl (C=O) groups excluding carboxylic acids is 2. The molecule has 3 N–H and O–H groups in total. The number of nitrogens with one attached hydrogen (secondary N) is 3. The highest BCUT2D eigenvalue weighted by molar-refractivity contribution is 6.31. The lowest BCUT2D eigenvalue weighted by atomic mass is 10.1. The number of nitrogens with zero attached hydrogens (tertiary/aromatic N) is 4. The zero-order chi connectivity index (χ0) is 25.2. The average Bonchev–Trinajstić information content (AvgIpc) is 2.84. The van der Waals surface area contributed by atoms with Gasteiger partial charge >= 0.3 is 6.03 Å². The number of urea groups is 1. The van der Waals surface area contributed by atoms with Gasteiger partial charge in [0.1, 0.15) is 11.8 Å². The second kappa shape index (κ2) is 14.4. The van der Waals surface area contributed by atoms with E-state index in [0.29, 0.717) is 55.7 Å². The molecule has 0 aliphatic carbocycles. The van der Waals surface area contributed by atoms with Crippen LogP contribution in [-0.2, 0) is 16.0 Å². The summed E-state index contributed by atoms with van der Waals surface area (Å²) in [6.45, 7) is 6.90. The van der Waals surface area contributed by atoms with Crippen LogP contribution < -0.4 is 20.7 Å². The number of amides is 3. The maximum atomic E-state index is 12.5. The van der Waals surface area contributed by atoms with Crippen LogP contribution >= 0.6 is 24.0 Å². The van der Waals surface area contributed by atoms with Crippen molar-refractivity contribution in [3.8, 4) is 11.8 Å². The molecule has 3 amide bonds. The zero-order valence-corrected chi connectivity index (χ0v) is 21.6. The van der Waals surface area contributed by atoms with E-state index in [4.69, 9.17) is 26.3 Å². The number of morpholine rings is 1. The first kappa shape index (κ1) is 29.1. The standard InChI is InChI=1S/C23H28ClN7O4.ClH/c1-15(2)35-20-9-16(3-4-26-14-22(32)31-5-7-34-8-6-31)18(24)10-19(20)29-23(33)30-21-13-27-17(11-25)12-28-21;/h9-10,12-13,15,26H,3-8,14H2,1-2H3,(H2,28,29,30,33);1H. The molecular weight excluding hydrogens is 509 g/mol. The average molecular weight is 538 g/mol. The molecule has 1 fully saturated rings. The van der Waals surface area contributed by atoms with Crippen molar-refractivity contribution in [2.45, 2.75) is 26.4 Å². The van der Waals surface area contributed by atoms with Crippen LogP contribution in [0.25, 0.3) is 0 Å². The Kier molecular flexibility index (Phi) is 11.6. The van der Waals surface area contributed by atoms with Gasteiger partial charge in [0.25, 0.3) is 0 Å². The number of halogens is 2. The summed E-state index contributed by atoms with van der Waals surface area (Å²) in [6, 6.07) is 4.70. The molecule has 1 aliphatic rings. The highest BCUT2D eigenvalue weighted by atomic mass is 35.5. The number of anilines is 2. The van der Waals surface area contributed by atoms with E-state index in [2.05, 4.69) is 25.9 Å². The molecule has 1 aromatic carbocycles. The SMILES string of the molecule is CC(C)Oc1cc(CCNCC(=O)N2CCOCC2)c(Cl)cc1NC(=O)Nc1cnc(C#N)cn1.Cl. The Bertz CT molecular complexity index is 1070. The van der Waals surface area contributed by atoms with E-state index in [1.807, 2.05) is 19.9 Å². The van der Waals surface area contributed by atoms with Crippen molar-refractivity contribution in [1.29, 1.82) is 5.26 Å². The molecule has 13 heteroatoms. The van der Waals surface area contributed by atoms with Crippen LogP contribution in [0.5, 0.6) is 5.75 Å². The van der Waals surface area contributed by atoms with Crippen molar-refractivity contribution in [3.05, 3.63) is 40.8 Å². The van der Waals surface area contributed by atoms with E-state index in [-0.39, 0.29) is 42.5 Å². The number of nitriles is 1. The van der Waals surface area contributed by atoms with E-state index in [1.54, 1.807) is 17.0 Å². The van der Waals surface area contributed by atoms with Crippen LogP contribution in [0.3, 0.4) is 0 Å². The molecule has 11 nitrogen and oxygen atoms in total. The van der Waals surface area contributed by atoms with E-state index in [9.17, 15) is 9.59 Å². The predicted octanol–water partition coefficient (Wildman–Crippen LogP) is 2.85. The van der Waals surface area contributed by atoms with Gasteiger partial charge in [-0.15, -0.1) is 12.4 Å². The monoisotopic (exact) mass is 537 g/mol. The molecule has 0 atom stereocenters. The minimum atomic E-state index is -0.565. The summed E-state index contributed by atoms with van der Waals surface area (Å²) >= 11 is 6.48. The molecule has 0 radical (unpaired) electrons. The maximum Gasteiger partial charge on any atom is 0.325 e. The number of hydrogen-bond acceptors (Lipinski definition) is 8. The lowest BCUT2D eigenvalue weighted by Crippen LogP contribution is -2.44. The van der Waals surface area contributed by atoms with Crippen LogP contribution in [0.15, 0.2) is 24.5 Å². The Morgan fingerprint density at radius 3 is 2.61 bits per heavy atom. The summed E-state index contributed by atoms with van der Waals surface area (Å²) in [5.41, 5.74) is 1.35.